The van der Waals surface area contributed by atoms with E-state index in [1.165, 1.54) is 13.0 Å². The fourth-order valence-electron chi connectivity index (χ4n) is 2.13. The van der Waals surface area contributed by atoms with E-state index in [1.807, 2.05) is 0 Å². The van der Waals surface area contributed by atoms with E-state index >= 15 is 0 Å². The van der Waals surface area contributed by atoms with Crippen molar-refractivity contribution in [3.05, 3.63) is 47.7 Å². The van der Waals surface area contributed by atoms with E-state index in [4.69, 9.17) is 10.2 Å². The molecule has 10 heteroatoms. The Morgan fingerprint density at radius 1 is 1.31 bits per heavy atom. The number of H-pyrrole nitrogens is 1. The van der Waals surface area contributed by atoms with Crippen LogP contribution in [-0.2, 0) is 15.6 Å². The summed E-state index contributed by atoms with van der Waals surface area (Å²) in [4.78, 5) is 10.1. The number of alkyl halides is 3. The minimum absolute atomic E-state index is 0.0605. The number of hydrogen-bond acceptors (Lipinski definition) is 5. The van der Waals surface area contributed by atoms with Crippen molar-refractivity contribution >= 4 is 20.9 Å². The van der Waals surface area contributed by atoms with E-state index in [-0.39, 0.29) is 28.0 Å². The Morgan fingerprint density at radius 2 is 2.04 bits per heavy atom. The van der Waals surface area contributed by atoms with Gasteiger partial charge >= 0.3 is 6.18 Å². The number of aromatic amines is 1. The number of aromatic nitrogens is 3. The highest BCUT2D eigenvalue weighted by molar-refractivity contribution is 7.90. The molecule has 1 N–H and O–H groups in total. The van der Waals surface area contributed by atoms with Crippen LogP contribution in [0.5, 0.6) is 5.75 Å². The summed E-state index contributed by atoms with van der Waals surface area (Å²) in [5.41, 5.74) is -0.376. The molecule has 3 aromatic rings. The van der Waals surface area contributed by atoms with Gasteiger partial charge in [0.1, 0.15) is 11.5 Å². The molecule has 0 spiro atoms. The second-order valence-electron chi connectivity index (χ2n) is 5.31. The molecule has 6 nitrogen and oxygen atoms in total. The van der Waals surface area contributed by atoms with Crippen LogP contribution in [0.25, 0.3) is 11.0 Å². The number of nitrogens with zero attached hydrogens (tertiary/aromatic N) is 2. The monoisotopic (exact) mass is 389 g/mol. The molecule has 0 saturated heterocycles. The molecule has 0 aliphatic heterocycles. The van der Waals surface area contributed by atoms with Gasteiger partial charge in [-0.15, -0.1) is 0 Å². The predicted octanol–water partition coefficient (Wildman–Crippen LogP) is 3.18. The van der Waals surface area contributed by atoms with Gasteiger partial charge in [-0.2, -0.15) is 13.2 Å². The number of hydrogen-bond donors (Lipinski definition) is 1. The normalized spacial score (nSPS) is 14.6. The summed E-state index contributed by atoms with van der Waals surface area (Å²) in [6.45, 7) is -0.179. The fourth-order valence-corrected chi connectivity index (χ4v) is 3.41. The lowest BCUT2D eigenvalue weighted by atomic mass is 10.2. The number of nitrogens with one attached hydrogen (secondary N) is 1. The predicted molar refractivity (Wildman–Crippen MR) is 87.5 cm³/mol. The molecular formula is C16H14F3N3O3S. The lowest BCUT2D eigenvalue weighted by molar-refractivity contribution is -0.153. The first-order valence-electron chi connectivity index (χ1n) is 9.14. The van der Waals surface area contributed by atoms with Crippen LogP contribution in [0.2, 0.25) is 0 Å². The zero-order chi connectivity index (χ0) is 22.4. The highest BCUT2D eigenvalue weighted by Gasteiger charge is 2.29. The zero-order valence-corrected chi connectivity index (χ0v) is 14.0. The molecule has 2 heterocycles. The van der Waals surface area contributed by atoms with E-state index in [0.29, 0.717) is 0 Å². The maximum atomic E-state index is 12.8. The molecular weight excluding hydrogens is 371 g/mol. The van der Waals surface area contributed by atoms with E-state index in [1.54, 1.807) is 0 Å². The topological polar surface area (TPSA) is 84.9 Å². The van der Waals surface area contributed by atoms with Gasteiger partial charge in [0.05, 0.1) is 22.2 Å². The van der Waals surface area contributed by atoms with Crippen molar-refractivity contribution in [1.29, 1.82) is 0 Å². The van der Waals surface area contributed by atoms with Crippen molar-refractivity contribution in [3.8, 4) is 5.75 Å². The standard InChI is InChI=1S/C16H14F3N3O3S/c1-10-13(20-7-6-14(10)25-9-16(17,18)19)8-26(23,24)15-21-11-4-2-3-5-12(11)22-15/h2-7H,8-9H2,1H3,(H,21,22)/i2D,3D,4D,5D. The first-order chi connectivity index (χ1) is 13.8. The van der Waals surface area contributed by atoms with Gasteiger partial charge in [-0.05, 0) is 25.1 Å². The van der Waals surface area contributed by atoms with Gasteiger partial charge in [0.15, 0.2) is 6.61 Å². The van der Waals surface area contributed by atoms with Gasteiger partial charge < -0.3 is 9.72 Å². The van der Waals surface area contributed by atoms with Crippen LogP contribution in [0.1, 0.15) is 16.7 Å². The van der Waals surface area contributed by atoms with Crippen LogP contribution < -0.4 is 4.74 Å². The molecule has 26 heavy (non-hydrogen) atoms. The molecule has 0 unspecified atom stereocenters. The highest BCUT2D eigenvalue weighted by Crippen LogP contribution is 2.25. The molecule has 0 fully saturated rings. The minimum Gasteiger partial charge on any atom is -0.484 e. The van der Waals surface area contributed by atoms with Crippen molar-refractivity contribution in [2.75, 3.05) is 6.61 Å². The summed E-state index contributed by atoms with van der Waals surface area (Å²) in [6, 6.07) is -0.901. The fraction of sp³-hybridized carbons (Fsp3) is 0.250. The highest BCUT2D eigenvalue weighted by atomic mass is 32.2. The molecule has 0 aliphatic carbocycles. The Hall–Kier alpha value is -2.62. The average molecular weight is 389 g/mol. The van der Waals surface area contributed by atoms with E-state index in [9.17, 15) is 21.6 Å². The number of pyridine rings is 1. The van der Waals surface area contributed by atoms with Gasteiger partial charge in [0, 0.05) is 11.8 Å². The second-order valence-corrected chi connectivity index (χ2v) is 7.21. The quantitative estimate of drug-likeness (QED) is 0.724. The van der Waals surface area contributed by atoms with E-state index in [0.717, 1.165) is 6.20 Å². The van der Waals surface area contributed by atoms with Crippen LogP contribution in [-0.4, -0.2) is 36.2 Å². The first kappa shape index (κ1) is 13.6. The third-order valence-electron chi connectivity index (χ3n) is 3.38. The van der Waals surface area contributed by atoms with Crippen molar-refractivity contribution in [2.24, 2.45) is 0 Å². The summed E-state index contributed by atoms with van der Waals surface area (Å²) >= 11 is 0. The number of halogens is 3. The summed E-state index contributed by atoms with van der Waals surface area (Å²) in [6.07, 6.45) is -3.45. The van der Waals surface area contributed by atoms with Crippen molar-refractivity contribution in [3.63, 3.8) is 0 Å². The molecule has 0 radical (unpaired) electrons. The second kappa shape index (κ2) is 6.60. The molecule has 0 aliphatic rings. The maximum Gasteiger partial charge on any atom is 0.422 e. The van der Waals surface area contributed by atoms with Crippen molar-refractivity contribution in [1.82, 2.24) is 15.0 Å². The molecule has 1 aromatic carbocycles. The smallest absolute Gasteiger partial charge is 0.422 e. The van der Waals surface area contributed by atoms with Crippen LogP contribution in [0.15, 0.2) is 41.6 Å². The van der Waals surface area contributed by atoms with E-state index in [2.05, 4.69) is 15.0 Å². The van der Waals surface area contributed by atoms with Gasteiger partial charge in [0.25, 0.3) is 0 Å². The number of imidazole rings is 1. The number of para-hydroxylation sites is 2. The SMILES string of the molecule is [2H]c1c([2H])c([2H])c2[nH]c(S(=O)(=O)Cc3nccc(OCC(F)(F)F)c3C)nc2c1[2H]. The Labute approximate surface area is 152 Å². The lowest BCUT2D eigenvalue weighted by Crippen LogP contribution is -2.20. The Balaban J connectivity index is 1.98. The largest absolute Gasteiger partial charge is 0.484 e. The Morgan fingerprint density at radius 3 is 2.77 bits per heavy atom. The van der Waals surface area contributed by atoms with Crippen molar-refractivity contribution in [2.45, 2.75) is 24.0 Å². The van der Waals surface area contributed by atoms with E-state index < -0.39 is 57.7 Å². The third-order valence-corrected chi connectivity index (χ3v) is 4.82. The summed E-state index contributed by atoms with van der Waals surface area (Å²) < 4.78 is 98.4. The summed E-state index contributed by atoms with van der Waals surface area (Å²) in [5.74, 6) is -0.902. The third kappa shape index (κ3) is 3.96. The number of fused-ring (bicyclic) bond motifs is 1. The van der Waals surface area contributed by atoms with Gasteiger partial charge in [-0.1, -0.05) is 12.1 Å². The van der Waals surface area contributed by atoms with Gasteiger partial charge in [-0.3, -0.25) is 4.98 Å². The van der Waals surface area contributed by atoms with Crippen molar-refractivity contribution < 1.29 is 31.8 Å². The molecule has 0 atom stereocenters. The minimum atomic E-state index is -4.56. The molecule has 0 saturated carbocycles. The molecule has 2 aromatic heterocycles. The zero-order valence-electron chi connectivity index (χ0n) is 17.2. The molecule has 0 bridgehead atoms. The Bertz CT molecular complexity index is 1200. The first-order valence-corrected chi connectivity index (χ1v) is 8.80. The van der Waals surface area contributed by atoms with Crippen LogP contribution in [0.3, 0.4) is 0 Å². The molecule has 138 valence electrons. The van der Waals surface area contributed by atoms with Crippen LogP contribution in [0.4, 0.5) is 13.2 Å². The average Bonchev–Trinajstić information content (AvgIpc) is 3.11. The number of benzene rings is 1. The number of ether oxygens (including phenoxy) is 1. The molecule has 0 amide bonds. The lowest BCUT2D eigenvalue weighted by Gasteiger charge is -2.13. The van der Waals surface area contributed by atoms with Gasteiger partial charge in [0.2, 0.25) is 15.0 Å². The van der Waals surface area contributed by atoms with Crippen LogP contribution in [0, 0.1) is 6.92 Å². The number of sulfone groups is 1. The number of rotatable bonds is 5. The molecule has 3 rings (SSSR count). The summed E-state index contributed by atoms with van der Waals surface area (Å²) in [5, 5.41) is -0.604. The summed E-state index contributed by atoms with van der Waals surface area (Å²) in [7, 11) is -4.21. The van der Waals surface area contributed by atoms with Gasteiger partial charge in [-0.25, -0.2) is 13.4 Å². The Kier molecular flexibility index (Phi) is 3.44. The van der Waals surface area contributed by atoms with Crippen LogP contribution >= 0.6 is 0 Å². The maximum absolute atomic E-state index is 12.8.